The highest BCUT2D eigenvalue weighted by Crippen LogP contribution is 2.06. The second kappa shape index (κ2) is 5.46. The second-order valence-corrected chi connectivity index (χ2v) is 3.62. The van der Waals surface area contributed by atoms with Gasteiger partial charge in [0.1, 0.15) is 5.84 Å². The molecule has 1 rings (SSSR count). The Labute approximate surface area is 90.6 Å². The Hall–Kier alpha value is -1.42. The fourth-order valence-corrected chi connectivity index (χ4v) is 1.63. The Morgan fingerprint density at radius 3 is 2.80 bits per heavy atom. The molecule has 0 aromatic carbocycles. The summed E-state index contributed by atoms with van der Waals surface area (Å²) in [7, 11) is 1.96. The van der Waals surface area contributed by atoms with Crippen LogP contribution in [0.25, 0.3) is 0 Å². The molecule has 0 aliphatic carbocycles. The zero-order valence-corrected chi connectivity index (χ0v) is 9.27. The Morgan fingerprint density at radius 1 is 1.60 bits per heavy atom. The van der Waals surface area contributed by atoms with Crippen molar-refractivity contribution in [1.29, 1.82) is 5.41 Å². The summed E-state index contributed by atoms with van der Waals surface area (Å²) in [4.78, 5) is 6.29. The van der Waals surface area contributed by atoms with Crippen molar-refractivity contribution in [2.45, 2.75) is 25.9 Å². The van der Waals surface area contributed by atoms with Gasteiger partial charge in [-0.15, -0.1) is 0 Å². The molecule has 0 bridgehead atoms. The summed E-state index contributed by atoms with van der Waals surface area (Å²) in [6.07, 6.45) is 2.62. The van der Waals surface area contributed by atoms with Crippen molar-refractivity contribution >= 4 is 5.84 Å². The van der Waals surface area contributed by atoms with Crippen LogP contribution in [0.4, 0.5) is 0 Å². The van der Waals surface area contributed by atoms with Gasteiger partial charge in [0.25, 0.3) is 0 Å². The maximum Gasteiger partial charge on any atom is 0.108 e. The third-order valence-corrected chi connectivity index (χ3v) is 2.42. The lowest BCUT2D eigenvalue weighted by atomic mass is 10.1. The number of aromatic nitrogens is 1. The monoisotopic (exact) mass is 206 g/mol. The predicted octanol–water partition coefficient (Wildman–Crippen LogP) is 1.23. The molecule has 0 aliphatic heterocycles. The van der Waals surface area contributed by atoms with Gasteiger partial charge in [0.05, 0.1) is 11.7 Å². The maximum absolute atomic E-state index is 7.46. The number of rotatable bonds is 5. The first-order chi connectivity index (χ1) is 7.15. The van der Waals surface area contributed by atoms with Crippen LogP contribution in [0.1, 0.15) is 19.0 Å². The highest BCUT2D eigenvalue weighted by molar-refractivity contribution is 5.82. The van der Waals surface area contributed by atoms with Crippen molar-refractivity contribution in [2.24, 2.45) is 5.73 Å². The lowest BCUT2D eigenvalue weighted by Crippen LogP contribution is -2.41. The van der Waals surface area contributed by atoms with Crippen LogP contribution in [-0.4, -0.2) is 28.8 Å². The molecule has 4 heteroatoms. The lowest BCUT2D eigenvalue weighted by Gasteiger charge is -2.25. The molecule has 0 fully saturated rings. The maximum atomic E-state index is 7.46. The fraction of sp³-hybridized carbons (Fsp3) is 0.455. The minimum Gasteiger partial charge on any atom is -0.386 e. The van der Waals surface area contributed by atoms with E-state index in [1.165, 1.54) is 0 Å². The van der Waals surface area contributed by atoms with Crippen LogP contribution in [0, 0.1) is 5.41 Å². The number of pyridine rings is 1. The number of nitrogens with zero attached hydrogens (tertiary/aromatic N) is 2. The van der Waals surface area contributed by atoms with E-state index in [2.05, 4.69) is 4.98 Å². The second-order valence-electron chi connectivity index (χ2n) is 3.62. The SMILES string of the molecule is CCC(C(=N)N)N(C)Cc1ccccn1. The van der Waals surface area contributed by atoms with Gasteiger partial charge in [-0.25, -0.2) is 0 Å². The van der Waals surface area contributed by atoms with E-state index in [0.717, 1.165) is 18.7 Å². The molecule has 1 aromatic heterocycles. The first kappa shape index (κ1) is 11.7. The number of amidine groups is 1. The first-order valence-electron chi connectivity index (χ1n) is 5.09. The predicted molar refractivity (Wildman–Crippen MR) is 61.7 cm³/mol. The van der Waals surface area contributed by atoms with Crippen LogP contribution in [-0.2, 0) is 6.54 Å². The van der Waals surface area contributed by atoms with Crippen molar-refractivity contribution < 1.29 is 0 Å². The van der Waals surface area contributed by atoms with E-state index in [9.17, 15) is 0 Å². The molecule has 0 saturated carbocycles. The third kappa shape index (κ3) is 3.32. The van der Waals surface area contributed by atoms with Crippen molar-refractivity contribution in [3.05, 3.63) is 30.1 Å². The number of hydrogen-bond donors (Lipinski definition) is 2. The highest BCUT2D eigenvalue weighted by atomic mass is 15.2. The molecule has 0 aliphatic rings. The first-order valence-corrected chi connectivity index (χ1v) is 5.09. The van der Waals surface area contributed by atoms with E-state index in [0.29, 0.717) is 0 Å². The molecule has 4 nitrogen and oxygen atoms in total. The summed E-state index contributed by atoms with van der Waals surface area (Å²) in [5, 5.41) is 7.46. The molecular formula is C11H18N4. The van der Waals surface area contributed by atoms with Crippen molar-refractivity contribution in [3.8, 4) is 0 Å². The topological polar surface area (TPSA) is 66.0 Å². The molecule has 0 amide bonds. The average Bonchev–Trinajstić information content (AvgIpc) is 2.19. The zero-order chi connectivity index (χ0) is 11.3. The standard InChI is InChI=1S/C11H18N4/c1-3-10(11(12)13)15(2)8-9-6-4-5-7-14-9/h4-7,10H,3,8H2,1-2H3,(H3,12,13). The Morgan fingerprint density at radius 2 is 2.33 bits per heavy atom. The van der Waals surface area contributed by atoms with Crippen molar-refractivity contribution in [1.82, 2.24) is 9.88 Å². The average molecular weight is 206 g/mol. The number of nitrogens with two attached hydrogens (primary N) is 1. The zero-order valence-electron chi connectivity index (χ0n) is 9.27. The number of hydrogen-bond acceptors (Lipinski definition) is 3. The van der Waals surface area contributed by atoms with Gasteiger partial charge in [0.2, 0.25) is 0 Å². The van der Waals surface area contributed by atoms with Crippen molar-refractivity contribution in [2.75, 3.05) is 7.05 Å². The summed E-state index contributed by atoms with van der Waals surface area (Å²) in [5.41, 5.74) is 6.52. The minimum atomic E-state index is 0.00649. The van der Waals surface area contributed by atoms with E-state index in [1.54, 1.807) is 6.20 Å². The van der Waals surface area contributed by atoms with E-state index in [1.807, 2.05) is 37.1 Å². The van der Waals surface area contributed by atoms with Gasteiger partial charge >= 0.3 is 0 Å². The highest BCUT2D eigenvalue weighted by Gasteiger charge is 2.15. The largest absolute Gasteiger partial charge is 0.386 e. The van der Waals surface area contributed by atoms with Gasteiger partial charge in [-0.2, -0.15) is 0 Å². The number of nitrogens with one attached hydrogen (secondary N) is 1. The molecule has 0 radical (unpaired) electrons. The van der Waals surface area contributed by atoms with Gasteiger partial charge in [-0.05, 0) is 25.6 Å². The van der Waals surface area contributed by atoms with Crippen LogP contribution in [0.3, 0.4) is 0 Å². The molecule has 1 atom stereocenters. The summed E-state index contributed by atoms with van der Waals surface area (Å²) >= 11 is 0. The van der Waals surface area contributed by atoms with Crippen LogP contribution in [0.15, 0.2) is 24.4 Å². The molecule has 0 saturated heterocycles. The Kier molecular flexibility index (Phi) is 4.24. The molecule has 1 unspecified atom stereocenters. The van der Waals surface area contributed by atoms with Gasteiger partial charge in [0, 0.05) is 12.7 Å². The summed E-state index contributed by atoms with van der Waals surface area (Å²) in [5.74, 6) is 0.218. The van der Waals surface area contributed by atoms with Crippen LogP contribution in [0.2, 0.25) is 0 Å². The van der Waals surface area contributed by atoms with E-state index in [4.69, 9.17) is 11.1 Å². The van der Waals surface area contributed by atoms with E-state index >= 15 is 0 Å². The molecule has 1 heterocycles. The summed E-state index contributed by atoms with van der Waals surface area (Å²) in [6, 6.07) is 5.84. The number of likely N-dealkylation sites (N-methyl/N-ethyl adjacent to an activating group) is 1. The Balaban J connectivity index is 2.62. The molecule has 15 heavy (non-hydrogen) atoms. The smallest absolute Gasteiger partial charge is 0.108 e. The molecule has 82 valence electrons. The van der Waals surface area contributed by atoms with Gasteiger partial charge in [0.15, 0.2) is 0 Å². The summed E-state index contributed by atoms with van der Waals surface area (Å²) in [6.45, 7) is 2.75. The van der Waals surface area contributed by atoms with E-state index < -0.39 is 0 Å². The Bertz CT molecular complexity index is 310. The van der Waals surface area contributed by atoms with Gasteiger partial charge < -0.3 is 5.73 Å². The third-order valence-electron chi connectivity index (χ3n) is 2.42. The van der Waals surface area contributed by atoms with Gasteiger partial charge in [-0.1, -0.05) is 13.0 Å². The van der Waals surface area contributed by atoms with E-state index in [-0.39, 0.29) is 11.9 Å². The minimum absolute atomic E-state index is 0.00649. The lowest BCUT2D eigenvalue weighted by molar-refractivity contribution is 0.277. The van der Waals surface area contributed by atoms with Crippen LogP contribution < -0.4 is 5.73 Å². The quantitative estimate of drug-likeness (QED) is 0.562. The molecule has 0 spiro atoms. The molecular weight excluding hydrogens is 188 g/mol. The molecule has 1 aromatic rings. The molecule has 3 N–H and O–H groups in total. The van der Waals surface area contributed by atoms with Crippen LogP contribution >= 0.6 is 0 Å². The normalized spacial score (nSPS) is 12.7. The van der Waals surface area contributed by atoms with Crippen molar-refractivity contribution in [3.63, 3.8) is 0 Å². The summed E-state index contributed by atoms with van der Waals surface area (Å²) < 4.78 is 0. The fourth-order valence-electron chi connectivity index (χ4n) is 1.63. The van der Waals surface area contributed by atoms with Gasteiger partial charge in [-0.3, -0.25) is 15.3 Å². The van der Waals surface area contributed by atoms with Crippen LogP contribution in [0.5, 0.6) is 0 Å².